The van der Waals surface area contributed by atoms with Crippen molar-refractivity contribution in [3.8, 4) is 0 Å². The van der Waals surface area contributed by atoms with Crippen molar-refractivity contribution in [3.05, 3.63) is 45.8 Å². The Morgan fingerprint density at radius 1 is 1.11 bits per heavy atom. The number of benzene rings is 1. The predicted molar refractivity (Wildman–Crippen MR) is 134 cm³/mol. The van der Waals surface area contributed by atoms with E-state index < -0.39 is 21.8 Å². The first-order valence-electron chi connectivity index (χ1n) is 11.7. The standard InChI is InChI=1S/C24H30N4O5S2/c1-15(29)28-13-12-19-20(14-28)34-24(21(19)22(25)30)26-23(31)16-8-10-18(11-9-16)35(32,33)27(2)17-6-4-3-5-7-17/h8-11,17H,3-7,12-14H2,1-2H3,(H2,25,30)(H,26,31). The van der Waals surface area contributed by atoms with Crippen molar-refractivity contribution in [2.75, 3.05) is 18.9 Å². The number of thiophene rings is 1. The molecule has 1 aliphatic carbocycles. The Balaban J connectivity index is 1.52. The van der Waals surface area contributed by atoms with Crippen LogP contribution < -0.4 is 11.1 Å². The van der Waals surface area contributed by atoms with E-state index >= 15 is 0 Å². The van der Waals surface area contributed by atoms with Gasteiger partial charge in [-0.25, -0.2) is 8.42 Å². The Kier molecular flexibility index (Phi) is 7.30. The van der Waals surface area contributed by atoms with Gasteiger partial charge in [0.2, 0.25) is 15.9 Å². The van der Waals surface area contributed by atoms with Gasteiger partial charge >= 0.3 is 0 Å². The molecular weight excluding hydrogens is 488 g/mol. The molecule has 4 rings (SSSR count). The first kappa shape index (κ1) is 25.3. The van der Waals surface area contributed by atoms with Crippen LogP contribution in [0, 0.1) is 0 Å². The summed E-state index contributed by atoms with van der Waals surface area (Å²) in [6.45, 7) is 2.34. The second-order valence-electron chi connectivity index (χ2n) is 9.05. The number of rotatable bonds is 6. The fraction of sp³-hybridized carbons (Fsp3) is 0.458. The molecule has 0 atom stereocenters. The summed E-state index contributed by atoms with van der Waals surface area (Å²) in [5.74, 6) is -1.17. The quantitative estimate of drug-likeness (QED) is 0.607. The second kappa shape index (κ2) is 10.1. The van der Waals surface area contributed by atoms with E-state index in [2.05, 4.69) is 5.32 Å². The van der Waals surface area contributed by atoms with E-state index in [1.165, 1.54) is 46.8 Å². The Morgan fingerprint density at radius 3 is 2.37 bits per heavy atom. The highest BCUT2D eigenvalue weighted by Gasteiger charge is 2.30. The summed E-state index contributed by atoms with van der Waals surface area (Å²) in [4.78, 5) is 39.5. The minimum Gasteiger partial charge on any atom is -0.365 e. The number of anilines is 1. The number of nitrogens with two attached hydrogens (primary N) is 1. The van der Waals surface area contributed by atoms with Gasteiger partial charge in [0.25, 0.3) is 11.8 Å². The SMILES string of the molecule is CC(=O)N1CCc2c(sc(NC(=O)c3ccc(S(=O)(=O)N(C)C4CCCCC4)cc3)c2C(N)=O)C1. The molecule has 9 nitrogen and oxygen atoms in total. The molecule has 2 aromatic rings. The molecule has 1 saturated carbocycles. The number of primary amides is 1. The van der Waals surface area contributed by atoms with Gasteiger partial charge in [-0.1, -0.05) is 19.3 Å². The van der Waals surface area contributed by atoms with Crippen LogP contribution in [0.5, 0.6) is 0 Å². The third-order valence-electron chi connectivity index (χ3n) is 6.86. The third kappa shape index (κ3) is 5.12. The normalized spacial score (nSPS) is 16.7. The van der Waals surface area contributed by atoms with Crippen LogP contribution in [0.1, 0.15) is 70.2 Å². The maximum absolute atomic E-state index is 13.1. The second-order valence-corrected chi connectivity index (χ2v) is 12.2. The highest BCUT2D eigenvalue weighted by atomic mass is 32.2. The van der Waals surface area contributed by atoms with Crippen molar-refractivity contribution in [1.82, 2.24) is 9.21 Å². The number of nitrogens with zero attached hydrogens (tertiary/aromatic N) is 2. The molecule has 3 N–H and O–H groups in total. The van der Waals surface area contributed by atoms with E-state index in [4.69, 9.17) is 5.73 Å². The van der Waals surface area contributed by atoms with Crippen molar-refractivity contribution < 1.29 is 22.8 Å². The van der Waals surface area contributed by atoms with Crippen LogP contribution in [-0.2, 0) is 27.8 Å². The minimum absolute atomic E-state index is 0.00673. The summed E-state index contributed by atoms with van der Waals surface area (Å²) in [5.41, 5.74) is 6.91. The molecule has 0 radical (unpaired) electrons. The molecule has 188 valence electrons. The molecule has 2 heterocycles. The zero-order valence-electron chi connectivity index (χ0n) is 19.9. The molecule has 35 heavy (non-hydrogen) atoms. The predicted octanol–water partition coefficient (Wildman–Crippen LogP) is 2.96. The van der Waals surface area contributed by atoms with E-state index in [0.29, 0.717) is 24.5 Å². The average molecular weight is 519 g/mol. The highest BCUT2D eigenvalue weighted by molar-refractivity contribution is 7.89. The molecule has 11 heteroatoms. The van der Waals surface area contributed by atoms with Crippen LogP contribution in [0.15, 0.2) is 29.2 Å². The van der Waals surface area contributed by atoms with Crippen molar-refractivity contribution in [2.24, 2.45) is 5.73 Å². The zero-order chi connectivity index (χ0) is 25.3. The number of carbonyl (C=O) groups excluding carboxylic acids is 3. The van der Waals surface area contributed by atoms with Crippen LogP contribution in [0.2, 0.25) is 0 Å². The van der Waals surface area contributed by atoms with Gasteiger partial charge in [0.05, 0.1) is 17.0 Å². The summed E-state index contributed by atoms with van der Waals surface area (Å²) in [6, 6.07) is 5.79. The summed E-state index contributed by atoms with van der Waals surface area (Å²) >= 11 is 1.23. The summed E-state index contributed by atoms with van der Waals surface area (Å²) in [5, 5.41) is 3.10. The fourth-order valence-electron chi connectivity index (χ4n) is 4.78. The lowest BCUT2D eigenvalue weighted by Gasteiger charge is -2.30. The van der Waals surface area contributed by atoms with E-state index in [1.807, 2.05) is 0 Å². The molecular formula is C24H30N4O5S2. The first-order valence-corrected chi connectivity index (χ1v) is 13.9. The Hall–Kier alpha value is -2.76. The van der Waals surface area contributed by atoms with Gasteiger partial charge in [-0.2, -0.15) is 4.31 Å². The van der Waals surface area contributed by atoms with Gasteiger partial charge < -0.3 is 16.0 Å². The van der Waals surface area contributed by atoms with Crippen molar-refractivity contribution in [1.29, 1.82) is 0 Å². The van der Waals surface area contributed by atoms with Gasteiger partial charge in [0, 0.05) is 37.0 Å². The molecule has 2 aliphatic rings. The van der Waals surface area contributed by atoms with Gasteiger partial charge in [-0.05, 0) is 49.1 Å². The maximum atomic E-state index is 13.1. The van der Waals surface area contributed by atoms with Crippen molar-refractivity contribution in [3.63, 3.8) is 0 Å². The van der Waals surface area contributed by atoms with Gasteiger partial charge in [-0.15, -0.1) is 11.3 Å². The highest BCUT2D eigenvalue weighted by Crippen LogP contribution is 2.37. The minimum atomic E-state index is -3.66. The van der Waals surface area contributed by atoms with Crippen LogP contribution in [0.3, 0.4) is 0 Å². The van der Waals surface area contributed by atoms with Gasteiger partial charge in [0.1, 0.15) is 5.00 Å². The number of hydrogen-bond acceptors (Lipinski definition) is 6. The molecule has 1 fully saturated rings. The molecule has 3 amide bonds. The lowest BCUT2D eigenvalue weighted by molar-refractivity contribution is -0.129. The lowest BCUT2D eigenvalue weighted by Crippen LogP contribution is -2.38. The smallest absolute Gasteiger partial charge is 0.256 e. The largest absolute Gasteiger partial charge is 0.365 e. The van der Waals surface area contributed by atoms with E-state index in [1.54, 1.807) is 11.9 Å². The van der Waals surface area contributed by atoms with E-state index in [-0.39, 0.29) is 28.0 Å². The van der Waals surface area contributed by atoms with Crippen molar-refractivity contribution in [2.45, 2.75) is 62.9 Å². The molecule has 0 bridgehead atoms. The summed E-state index contributed by atoms with van der Waals surface area (Å²) in [7, 11) is -2.05. The average Bonchev–Trinajstić information content (AvgIpc) is 3.21. The molecule has 0 unspecified atom stereocenters. The maximum Gasteiger partial charge on any atom is 0.256 e. The molecule has 1 aromatic heterocycles. The first-order chi connectivity index (χ1) is 16.6. The van der Waals surface area contributed by atoms with Crippen LogP contribution in [0.25, 0.3) is 0 Å². The third-order valence-corrected chi connectivity index (χ3v) is 9.91. The topological polar surface area (TPSA) is 130 Å². The molecule has 1 aliphatic heterocycles. The fourth-order valence-corrected chi connectivity index (χ4v) is 7.46. The van der Waals surface area contributed by atoms with Gasteiger partial charge in [0.15, 0.2) is 0 Å². The number of fused-ring (bicyclic) bond motifs is 1. The number of hydrogen-bond donors (Lipinski definition) is 2. The van der Waals surface area contributed by atoms with Gasteiger partial charge in [-0.3, -0.25) is 14.4 Å². The lowest BCUT2D eigenvalue weighted by atomic mass is 9.96. The van der Waals surface area contributed by atoms with Crippen LogP contribution >= 0.6 is 11.3 Å². The molecule has 0 spiro atoms. The Labute approximate surface area is 209 Å². The monoisotopic (exact) mass is 518 g/mol. The summed E-state index contributed by atoms with van der Waals surface area (Å²) in [6.07, 6.45) is 5.38. The van der Waals surface area contributed by atoms with E-state index in [9.17, 15) is 22.8 Å². The zero-order valence-corrected chi connectivity index (χ0v) is 21.5. The van der Waals surface area contributed by atoms with Crippen LogP contribution in [-0.4, -0.2) is 55.0 Å². The van der Waals surface area contributed by atoms with Crippen LogP contribution in [0.4, 0.5) is 5.00 Å². The van der Waals surface area contributed by atoms with E-state index in [0.717, 1.165) is 42.5 Å². The number of sulfonamides is 1. The summed E-state index contributed by atoms with van der Waals surface area (Å²) < 4.78 is 27.6. The number of nitrogens with one attached hydrogen (secondary N) is 1. The molecule has 1 aromatic carbocycles. The number of carbonyl (C=O) groups is 3. The Morgan fingerprint density at radius 2 is 1.77 bits per heavy atom. The Bertz CT molecular complexity index is 1250. The molecule has 0 saturated heterocycles. The number of amides is 3. The van der Waals surface area contributed by atoms with Crippen molar-refractivity contribution >= 4 is 44.1 Å².